The number of nitrogens with zero attached hydrogens (tertiary/aromatic N) is 1. The fourth-order valence-corrected chi connectivity index (χ4v) is 8.61. The van der Waals surface area contributed by atoms with E-state index in [9.17, 15) is 4.79 Å². The summed E-state index contributed by atoms with van der Waals surface area (Å²) in [6.07, 6.45) is 0.807. The number of benzene rings is 3. The maximum atomic E-state index is 11.4. The molecule has 0 aliphatic heterocycles. The van der Waals surface area contributed by atoms with Crippen molar-refractivity contribution < 1.29 is 17.2 Å². The zero-order valence-electron chi connectivity index (χ0n) is 16.5. The molecule has 0 spiro atoms. The second-order valence-electron chi connectivity index (χ2n) is 6.80. The molecule has 1 amide bonds. The van der Waals surface area contributed by atoms with Gasteiger partial charge >= 0.3 is 0 Å². The number of rotatable bonds is 6. The van der Waals surface area contributed by atoms with E-state index >= 15 is 0 Å². The highest BCUT2D eigenvalue weighted by atomic mass is 35.5. The van der Waals surface area contributed by atoms with Crippen LogP contribution < -0.4 is 33.6 Å². The molecule has 3 nitrogen and oxygen atoms in total. The highest BCUT2D eigenvalue weighted by Crippen LogP contribution is 2.58. The third kappa shape index (κ3) is 4.62. The van der Waals surface area contributed by atoms with E-state index in [-0.39, 0.29) is 18.3 Å². The summed E-state index contributed by atoms with van der Waals surface area (Å²) in [7, 11) is -1.96. The minimum absolute atomic E-state index is 0. The SMILES string of the molecule is CC(=O)Nc1nc(C[P+](c2ccccc2)(c2ccccc2)c2ccccc2)cs1.[Cl-]. The maximum Gasteiger partial charge on any atom is 0.223 e. The molecular weight excluding hydrogens is 431 g/mol. The Bertz CT molecular complexity index is 991. The molecule has 1 N–H and O–H groups in total. The predicted molar refractivity (Wildman–Crippen MR) is 125 cm³/mol. The van der Waals surface area contributed by atoms with Crippen LogP contribution in [0.5, 0.6) is 0 Å². The van der Waals surface area contributed by atoms with E-state index in [1.54, 1.807) is 0 Å². The lowest BCUT2D eigenvalue weighted by molar-refractivity contribution is -0.114. The van der Waals surface area contributed by atoms with Crippen LogP contribution in [-0.2, 0) is 11.0 Å². The number of carbonyl (C=O) groups excluding carboxylic acids is 1. The molecular formula is C24H22ClN2OPS. The Kier molecular flexibility index (Phi) is 7.38. The lowest BCUT2D eigenvalue weighted by Crippen LogP contribution is -3.00. The highest BCUT2D eigenvalue weighted by Gasteiger charge is 2.46. The van der Waals surface area contributed by atoms with Crippen molar-refractivity contribution in [3.05, 3.63) is 102 Å². The van der Waals surface area contributed by atoms with Crippen molar-refractivity contribution in [1.82, 2.24) is 4.98 Å². The Morgan fingerprint density at radius 2 is 1.27 bits per heavy atom. The van der Waals surface area contributed by atoms with Gasteiger partial charge in [0.25, 0.3) is 0 Å². The van der Waals surface area contributed by atoms with Gasteiger partial charge in [-0.15, -0.1) is 11.3 Å². The van der Waals surface area contributed by atoms with Crippen LogP contribution in [0.4, 0.5) is 5.13 Å². The lowest BCUT2D eigenvalue weighted by Gasteiger charge is -2.27. The number of amides is 1. The molecule has 0 aliphatic rings. The van der Waals surface area contributed by atoms with Gasteiger partial charge in [0.15, 0.2) is 5.13 Å². The average molecular weight is 453 g/mol. The molecule has 3 aromatic carbocycles. The fourth-order valence-electron chi connectivity index (χ4n) is 3.60. The van der Waals surface area contributed by atoms with Gasteiger partial charge in [0.2, 0.25) is 5.91 Å². The summed E-state index contributed by atoms with van der Waals surface area (Å²) in [4.78, 5) is 16.2. The summed E-state index contributed by atoms with van der Waals surface area (Å²) in [6.45, 7) is 1.51. The van der Waals surface area contributed by atoms with Gasteiger partial charge in [0.1, 0.15) is 29.3 Å². The topological polar surface area (TPSA) is 42.0 Å². The maximum absolute atomic E-state index is 11.4. The van der Waals surface area contributed by atoms with Crippen molar-refractivity contribution in [2.45, 2.75) is 13.1 Å². The second-order valence-corrected chi connectivity index (χ2v) is 11.1. The van der Waals surface area contributed by atoms with Crippen molar-refractivity contribution in [2.24, 2.45) is 0 Å². The Hall–Kier alpha value is -2.52. The van der Waals surface area contributed by atoms with Crippen molar-refractivity contribution in [3.63, 3.8) is 0 Å². The summed E-state index contributed by atoms with van der Waals surface area (Å²) < 4.78 is 0. The Labute approximate surface area is 188 Å². The van der Waals surface area contributed by atoms with Crippen LogP contribution >= 0.6 is 18.6 Å². The minimum atomic E-state index is -1.96. The first kappa shape index (κ1) is 22.2. The second kappa shape index (κ2) is 9.99. The minimum Gasteiger partial charge on any atom is -1.00 e. The molecule has 152 valence electrons. The molecule has 6 heteroatoms. The molecule has 0 bridgehead atoms. The van der Waals surface area contributed by atoms with Gasteiger partial charge < -0.3 is 17.7 Å². The molecule has 0 saturated carbocycles. The Morgan fingerprint density at radius 3 is 1.67 bits per heavy atom. The standard InChI is InChI=1S/C24H21N2OPS.ClH/c1-19(27)25-24-26-20(18-29-24)17-28(21-11-5-2-6-12-21,22-13-7-3-8-14-22)23-15-9-4-10-16-23;/h2-16,18H,17H2,1H3;1H. The van der Waals surface area contributed by atoms with Crippen molar-refractivity contribution >= 4 is 45.6 Å². The summed E-state index contributed by atoms with van der Waals surface area (Å²) in [6, 6.07) is 32.2. The molecule has 0 radical (unpaired) electrons. The molecule has 0 fully saturated rings. The molecule has 0 aliphatic carbocycles. The molecule has 1 aromatic heterocycles. The van der Waals surface area contributed by atoms with Crippen LogP contribution in [0.2, 0.25) is 0 Å². The Morgan fingerprint density at radius 1 is 0.833 bits per heavy atom. The van der Waals surface area contributed by atoms with E-state index in [1.165, 1.54) is 34.2 Å². The zero-order chi connectivity index (χ0) is 20.1. The third-order valence-corrected chi connectivity index (χ3v) is 9.97. The van der Waals surface area contributed by atoms with E-state index < -0.39 is 7.26 Å². The van der Waals surface area contributed by atoms with E-state index in [1.807, 2.05) is 0 Å². The van der Waals surface area contributed by atoms with Gasteiger partial charge in [-0.25, -0.2) is 4.98 Å². The number of carbonyl (C=O) groups is 1. The van der Waals surface area contributed by atoms with E-state index in [2.05, 4.69) is 102 Å². The quantitative estimate of drug-likeness (QED) is 0.452. The number of aromatic nitrogens is 1. The first-order valence-electron chi connectivity index (χ1n) is 9.45. The molecule has 1 heterocycles. The average Bonchev–Trinajstić information content (AvgIpc) is 3.20. The van der Waals surface area contributed by atoms with Crippen LogP contribution in [-0.4, -0.2) is 10.9 Å². The summed E-state index contributed by atoms with van der Waals surface area (Å²) >= 11 is 1.48. The van der Waals surface area contributed by atoms with Crippen molar-refractivity contribution in [3.8, 4) is 0 Å². The van der Waals surface area contributed by atoms with E-state index in [0.717, 1.165) is 11.9 Å². The summed E-state index contributed by atoms with van der Waals surface area (Å²) in [5.74, 6) is -0.0962. The van der Waals surface area contributed by atoms with Gasteiger partial charge in [0.05, 0.1) is 5.69 Å². The van der Waals surface area contributed by atoms with Crippen LogP contribution in [0, 0.1) is 0 Å². The van der Waals surface area contributed by atoms with Crippen LogP contribution in [0.3, 0.4) is 0 Å². The molecule has 0 atom stereocenters. The van der Waals surface area contributed by atoms with E-state index in [0.29, 0.717) is 5.13 Å². The summed E-state index contributed by atoms with van der Waals surface area (Å²) in [5.41, 5.74) is 1.00. The number of thiazole rings is 1. The van der Waals surface area contributed by atoms with Crippen LogP contribution in [0.25, 0.3) is 0 Å². The fraction of sp³-hybridized carbons (Fsp3) is 0.0833. The highest BCUT2D eigenvalue weighted by molar-refractivity contribution is 7.95. The number of halogens is 1. The van der Waals surface area contributed by atoms with Gasteiger partial charge in [-0.3, -0.25) is 4.79 Å². The number of anilines is 1. The number of hydrogen-bond acceptors (Lipinski definition) is 3. The smallest absolute Gasteiger partial charge is 0.223 e. The molecule has 4 rings (SSSR count). The van der Waals surface area contributed by atoms with Crippen molar-refractivity contribution in [2.75, 3.05) is 5.32 Å². The van der Waals surface area contributed by atoms with Gasteiger partial charge in [0, 0.05) is 12.3 Å². The first-order valence-corrected chi connectivity index (χ1v) is 12.3. The molecule has 0 saturated heterocycles. The van der Waals surface area contributed by atoms with Gasteiger partial charge in [-0.1, -0.05) is 54.6 Å². The Balaban J connectivity index is 0.00000256. The third-order valence-electron chi connectivity index (χ3n) is 4.82. The lowest BCUT2D eigenvalue weighted by atomic mass is 10.4. The first-order chi connectivity index (χ1) is 14.2. The molecule has 30 heavy (non-hydrogen) atoms. The zero-order valence-corrected chi connectivity index (χ0v) is 19.0. The van der Waals surface area contributed by atoms with E-state index in [4.69, 9.17) is 4.98 Å². The van der Waals surface area contributed by atoms with Crippen LogP contribution in [0.1, 0.15) is 12.6 Å². The van der Waals surface area contributed by atoms with Gasteiger partial charge in [-0.2, -0.15) is 0 Å². The van der Waals surface area contributed by atoms with Crippen molar-refractivity contribution in [1.29, 1.82) is 0 Å². The molecule has 4 aromatic rings. The number of nitrogens with one attached hydrogen (secondary N) is 1. The summed E-state index contributed by atoms with van der Waals surface area (Å²) in [5, 5.41) is 9.50. The monoisotopic (exact) mass is 452 g/mol. The predicted octanol–water partition coefficient (Wildman–Crippen LogP) is 1.60. The van der Waals surface area contributed by atoms with Crippen LogP contribution in [0.15, 0.2) is 96.4 Å². The largest absolute Gasteiger partial charge is 1.00 e. The number of hydrogen-bond donors (Lipinski definition) is 1. The normalized spacial score (nSPS) is 10.8. The van der Waals surface area contributed by atoms with Gasteiger partial charge in [-0.05, 0) is 36.4 Å². The molecule has 0 unspecified atom stereocenters.